The molecular formula is C18H16ClNO3S. The number of amides is 2. The van der Waals surface area contributed by atoms with E-state index in [9.17, 15) is 9.59 Å². The molecule has 0 N–H and O–H groups in total. The first-order valence-corrected chi connectivity index (χ1v) is 8.99. The van der Waals surface area contributed by atoms with E-state index in [2.05, 4.69) is 0 Å². The number of carbonyl (C=O) groups is 2. The number of imide groups is 1. The molecule has 0 saturated heterocycles. The lowest BCUT2D eigenvalue weighted by molar-refractivity contribution is -0.136. The third-order valence-electron chi connectivity index (χ3n) is 3.64. The molecule has 0 radical (unpaired) electrons. The molecule has 1 aliphatic heterocycles. The minimum atomic E-state index is -0.244. The molecule has 6 heteroatoms. The van der Waals surface area contributed by atoms with Gasteiger partial charge in [0.2, 0.25) is 0 Å². The Morgan fingerprint density at radius 3 is 2.50 bits per heavy atom. The molecule has 1 aromatic heterocycles. The van der Waals surface area contributed by atoms with E-state index in [1.54, 1.807) is 36.6 Å². The Morgan fingerprint density at radius 1 is 1.12 bits per heavy atom. The Balaban J connectivity index is 1.96. The highest BCUT2D eigenvalue weighted by Crippen LogP contribution is 2.37. The molecular weight excluding hydrogens is 346 g/mol. The number of benzene rings is 1. The SMILES string of the molecule is CCCN1C(=O)C(SCc2ccco2)=C(c2ccc(Cl)cc2)C1=O. The maximum absolute atomic E-state index is 12.7. The lowest BCUT2D eigenvalue weighted by Gasteiger charge is -2.13. The number of hydrogen-bond donors (Lipinski definition) is 0. The molecule has 2 heterocycles. The lowest BCUT2D eigenvalue weighted by atomic mass is 10.1. The van der Waals surface area contributed by atoms with Gasteiger partial charge in [0.25, 0.3) is 11.8 Å². The summed E-state index contributed by atoms with van der Waals surface area (Å²) in [5.41, 5.74) is 1.15. The third kappa shape index (κ3) is 3.28. The van der Waals surface area contributed by atoms with Crippen LogP contribution in [0.5, 0.6) is 0 Å². The Hall–Kier alpha value is -1.98. The van der Waals surface area contributed by atoms with Gasteiger partial charge in [-0.1, -0.05) is 30.7 Å². The number of carbonyl (C=O) groups excluding carboxylic acids is 2. The molecule has 2 amide bonds. The molecule has 0 fully saturated rings. The van der Waals surface area contributed by atoms with E-state index in [-0.39, 0.29) is 11.8 Å². The van der Waals surface area contributed by atoms with Crippen molar-refractivity contribution in [3.8, 4) is 0 Å². The van der Waals surface area contributed by atoms with Crippen LogP contribution >= 0.6 is 23.4 Å². The van der Waals surface area contributed by atoms with E-state index in [0.29, 0.717) is 33.4 Å². The highest BCUT2D eigenvalue weighted by Gasteiger charge is 2.38. The average molecular weight is 362 g/mol. The molecule has 0 saturated carbocycles. The summed E-state index contributed by atoms with van der Waals surface area (Å²) < 4.78 is 5.32. The second kappa shape index (κ2) is 7.28. The lowest BCUT2D eigenvalue weighted by Crippen LogP contribution is -2.32. The molecule has 2 aromatic rings. The summed E-state index contributed by atoms with van der Waals surface area (Å²) in [6.07, 6.45) is 2.32. The Morgan fingerprint density at radius 2 is 1.88 bits per heavy atom. The second-order valence-corrected chi connectivity index (χ2v) is 6.76. The summed E-state index contributed by atoms with van der Waals surface area (Å²) in [6, 6.07) is 10.6. The first-order chi connectivity index (χ1) is 11.6. The smallest absolute Gasteiger partial charge is 0.267 e. The van der Waals surface area contributed by atoms with Crippen LogP contribution in [0.15, 0.2) is 52.0 Å². The number of thioether (sulfide) groups is 1. The zero-order chi connectivity index (χ0) is 17.1. The van der Waals surface area contributed by atoms with Crippen molar-refractivity contribution in [2.75, 3.05) is 6.54 Å². The van der Waals surface area contributed by atoms with Crippen molar-refractivity contribution < 1.29 is 14.0 Å². The maximum Gasteiger partial charge on any atom is 0.267 e. The zero-order valence-corrected chi connectivity index (χ0v) is 14.7. The van der Waals surface area contributed by atoms with Crippen molar-refractivity contribution >= 4 is 40.8 Å². The molecule has 1 aromatic carbocycles. The number of furan rings is 1. The van der Waals surface area contributed by atoms with Crippen LogP contribution in [0.4, 0.5) is 0 Å². The molecule has 4 nitrogen and oxygen atoms in total. The fourth-order valence-corrected chi connectivity index (χ4v) is 3.68. The van der Waals surface area contributed by atoms with Crippen LogP contribution in [0, 0.1) is 0 Å². The van der Waals surface area contributed by atoms with Crippen molar-refractivity contribution in [1.29, 1.82) is 0 Å². The van der Waals surface area contributed by atoms with Gasteiger partial charge >= 0.3 is 0 Å². The molecule has 0 aliphatic carbocycles. The molecule has 0 bridgehead atoms. The second-order valence-electron chi connectivity index (χ2n) is 5.34. The Labute approximate surface area is 149 Å². The van der Waals surface area contributed by atoms with Crippen LogP contribution in [-0.4, -0.2) is 23.3 Å². The van der Waals surface area contributed by atoms with E-state index >= 15 is 0 Å². The summed E-state index contributed by atoms with van der Waals surface area (Å²) in [4.78, 5) is 27.2. The fourth-order valence-electron chi connectivity index (χ4n) is 2.52. The molecule has 1 aliphatic rings. The molecule has 0 atom stereocenters. The van der Waals surface area contributed by atoms with E-state index in [0.717, 1.165) is 12.2 Å². The molecule has 0 spiro atoms. The Kier molecular flexibility index (Phi) is 5.11. The average Bonchev–Trinajstić information content (AvgIpc) is 3.16. The summed E-state index contributed by atoms with van der Waals surface area (Å²) in [5, 5.41) is 0.589. The maximum atomic E-state index is 12.7. The zero-order valence-electron chi connectivity index (χ0n) is 13.1. The number of nitrogens with zero attached hydrogens (tertiary/aromatic N) is 1. The number of rotatable bonds is 6. The molecule has 124 valence electrons. The predicted octanol–water partition coefficient (Wildman–Crippen LogP) is 4.36. The van der Waals surface area contributed by atoms with Gasteiger partial charge in [-0.05, 0) is 36.2 Å². The van der Waals surface area contributed by atoms with Gasteiger partial charge in [0.05, 0.1) is 22.5 Å². The van der Waals surface area contributed by atoms with Gasteiger partial charge in [-0.3, -0.25) is 14.5 Å². The van der Waals surface area contributed by atoms with Gasteiger partial charge in [0.15, 0.2) is 0 Å². The van der Waals surface area contributed by atoms with Gasteiger partial charge in [0, 0.05) is 11.6 Å². The quantitative estimate of drug-likeness (QED) is 0.717. The largest absolute Gasteiger partial charge is 0.468 e. The summed E-state index contributed by atoms with van der Waals surface area (Å²) >= 11 is 7.26. The van der Waals surface area contributed by atoms with Crippen molar-refractivity contribution in [2.45, 2.75) is 19.1 Å². The van der Waals surface area contributed by atoms with Crippen LogP contribution in [0.1, 0.15) is 24.7 Å². The van der Waals surface area contributed by atoms with Gasteiger partial charge in [-0.25, -0.2) is 0 Å². The molecule has 24 heavy (non-hydrogen) atoms. The van der Waals surface area contributed by atoms with E-state index in [1.165, 1.54) is 16.7 Å². The van der Waals surface area contributed by atoms with Crippen LogP contribution in [0.3, 0.4) is 0 Å². The van der Waals surface area contributed by atoms with Gasteiger partial charge in [0.1, 0.15) is 5.76 Å². The monoisotopic (exact) mass is 361 g/mol. The van der Waals surface area contributed by atoms with Gasteiger partial charge in [-0.2, -0.15) is 0 Å². The van der Waals surface area contributed by atoms with Crippen molar-refractivity contribution in [2.24, 2.45) is 0 Å². The minimum absolute atomic E-state index is 0.233. The van der Waals surface area contributed by atoms with Gasteiger partial charge < -0.3 is 4.42 Å². The summed E-state index contributed by atoms with van der Waals surface area (Å²) in [7, 11) is 0. The van der Waals surface area contributed by atoms with Crippen molar-refractivity contribution in [3.63, 3.8) is 0 Å². The fraction of sp³-hybridized carbons (Fsp3) is 0.222. The predicted molar refractivity (Wildman–Crippen MR) is 95.4 cm³/mol. The molecule has 3 rings (SSSR count). The third-order valence-corrected chi connectivity index (χ3v) is 4.99. The van der Waals surface area contributed by atoms with Gasteiger partial charge in [-0.15, -0.1) is 11.8 Å². The summed E-state index contributed by atoms with van der Waals surface area (Å²) in [6.45, 7) is 2.36. The van der Waals surface area contributed by atoms with Crippen LogP contribution < -0.4 is 0 Å². The minimum Gasteiger partial charge on any atom is -0.468 e. The van der Waals surface area contributed by atoms with E-state index in [1.807, 2.05) is 13.0 Å². The number of halogens is 1. The van der Waals surface area contributed by atoms with E-state index in [4.69, 9.17) is 16.0 Å². The highest BCUT2D eigenvalue weighted by molar-refractivity contribution is 8.03. The normalized spacial score (nSPS) is 14.8. The van der Waals surface area contributed by atoms with Crippen molar-refractivity contribution in [3.05, 3.63) is 63.9 Å². The first kappa shape index (κ1) is 16.9. The van der Waals surface area contributed by atoms with E-state index < -0.39 is 0 Å². The standard InChI is InChI=1S/C18H16ClNO3S/c1-2-9-20-17(21)15(12-5-7-13(19)8-6-12)16(18(20)22)24-11-14-4-3-10-23-14/h3-8,10H,2,9,11H2,1H3. The highest BCUT2D eigenvalue weighted by atomic mass is 35.5. The molecule has 0 unspecified atom stereocenters. The van der Waals surface area contributed by atoms with Crippen molar-refractivity contribution in [1.82, 2.24) is 4.90 Å². The first-order valence-electron chi connectivity index (χ1n) is 7.63. The van der Waals surface area contributed by atoms with Crippen LogP contribution in [-0.2, 0) is 15.3 Å². The summed E-state index contributed by atoms with van der Waals surface area (Å²) in [5.74, 6) is 0.782. The number of hydrogen-bond acceptors (Lipinski definition) is 4. The Bertz CT molecular complexity index is 781. The topological polar surface area (TPSA) is 50.5 Å². The van der Waals surface area contributed by atoms with Crippen LogP contribution in [0.2, 0.25) is 5.02 Å². The van der Waals surface area contributed by atoms with Crippen LogP contribution in [0.25, 0.3) is 5.57 Å².